The molecular formula is C18H26N2O. The molecule has 0 bridgehead atoms. The van der Waals surface area contributed by atoms with Crippen molar-refractivity contribution >= 4 is 5.91 Å². The lowest BCUT2D eigenvalue weighted by Crippen LogP contribution is -2.50. The molecule has 1 saturated carbocycles. The van der Waals surface area contributed by atoms with Gasteiger partial charge in [0.25, 0.3) is 0 Å². The van der Waals surface area contributed by atoms with E-state index in [1.165, 1.54) is 30.4 Å². The predicted molar refractivity (Wildman–Crippen MR) is 85.1 cm³/mol. The summed E-state index contributed by atoms with van der Waals surface area (Å²) in [7, 11) is 0. The molecule has 1 aromatic carbocycles. The maximum absolute atomic E-state index is 13.0. The third-order valence-corrected chi connectivity index (χ3v) is 5.35. The molecule has 0 spiro atoms. The smallest absolute Gasteiger partial charge is 0.230 e. The van der Waals surface area contributed by atoms with Crippen LogP contribution in [0.15, 0.2) is 24.3 Å². The molecule has 1 aromatic rings. The summed E-state index contributed by atoms with van der Waals surface area (Å²) in [6.07, 6.45) is 5.69. The van der Waals surface area contributed by atoms with Crippen molar-refractivity contribution in [3.8, 4) is 0 Å². The van der Waals surface area contributed by atoms with Gasteiger partial charge in [-0.25, -0.2) is 0 Å². The van der Waals surface area contributed by atoms with Crippen molar-refractivity contribution < 1.29 is 4.79 Å². The lowest BCUT2D eigenvalue weighted by molar-refractivity contribution is -0.137. The van der Waals surface area contributed by atoms with Crippen molar-refractivity contribution in [2.45, 2.75) is 51.0 Å². The van der Waals surface area contributed by atoms with E-state index in [4.69, 9.17) is 5.73 Å². The molecule has 3 nitrogen and oxygen atoms in total. The summed E-state index contributed by atoms with van der Waals surface area (Å²) >= 11 is 0. The van der Waals surface area contributed by atoms with E-state index in [9.17, 15) is 4.79 Å². The molecule has 1 fully saturated rings. The highest BCUT2D eigenvalue weighted by Gasteiger charge is 2.38. The third kappa shape index (κ3) is 2.59. The Hall–Kier alpha value is -1.35. The molecule has 2 aliphatic rings. The molecule has 0 saturated heterocycles. The van der Waals surface area contributed by atoms with Gasteiger partial charge in [0.2, 0.25) is 5.91 Å². The van der Waals surface area contributed by atoms with Gasteiger partial charge in [-0.1, -0.05) is 37.1 Å². The number of nitrogens with two attached hydrogens (primary N) is 1. The summed E-state index contributed by atoms with van der Waals surface area (Å²) in [6.45, 7) is 3.61. The minimum atomic E-state index is 0.0847. The Bertz CT molecular complexity index is 514. The summed E-state index contributed by atoms with van der Waals surface area (Å²) in [6, 6.07) is 8.70. The number of hydrogen-bond donors (Lipinski definition) is 1. The molecule has 1 amide bonds. The van der Waals surface area contributed by atoms with Crippen molar-refractivity contribution in [1.82, 2.24) is 4.90 Å². The van der Waals surface area contributed by atoms with Crippen molar-refractivity contribution in [3.63, 3.8) is 0 Å². The largest absolute Gasteiger partial charge is 0.339 e. The number of benzene rings is 1. The summed E-state index contributed by atoms with van der Waals surface area (Å²) in [4.78, 5) is 15.1. The van der Waals surface area contributed by atoms with Crippen molar-refractivity contribution in [2.75, 3.05) is 13.1 Å². The molecular weight excluding hydrogens is 260 g/mol. The van der Waals surface area contributed by atoms with Crippen LogP contribution in [0.3, 0.4) is 0 Å². The van der Waals surface area contributed by atoms with Crippen LogP contribution in [0.2, 0.25) is 0 Å². The maximum atomic E-state index is 13.0. The number of rotatable bonds is 4. The van der Waals surface area contributed by atoms with Gasteiger partial charge in [-0.15, -0.1) is 0 Å². The number of amides is 1. The monoisotopic (exact) mass is 286 g/mol. The van der Waals surface area contributed by atoms with Crippen LogP contribution >= 0.6 is 0 Å². The van der Waals surface area contributed by atoms with E-state index in [2.05, 4.69) is 30.0 Å². The second kappa shape index (κ2) is 6.18. The first kappa shape index (κ1) is 14.6. The number of carbonyl (C=O) groups is 1. The molecule has 0 aliphatic heterocycles. The summed E-state index contributed by atoms with van der Waals surface area (Å²) < 4.78 is 0. The molecule has 21 heavy (non-hydrogen) atoms. The summed E-state index contributed by atoms with van der Waals surface area (Å²) in [5, 5.41) is 0. The first-order valence-corrected chi connectivity index (χ1v) is 8.34. The fourth-order valence-corrected chi connectivity index (χ4v) is 4.11. The van der Waals surface area contributed by atoms with Gasteiger partial charge in [0.15, 0.2) is 0 Å². The highest BCUT2D eigenvalue weighted by Crippen LogP contribution is 2.38. The van der Waals surface area contributed by atoms with Crippen LogP contribution < -0.4 is 5.73 Å². The van der Waals surface area contributed by atoms with Gasteiger partial charge in [-0.2, -0.15) is 0 Å². The van der Waals surface area contributed by atoms with Crippen molar-refractivity contribution in [3.05, 3.63) is 35.4 Å². The van der Waals surface area contributed by atoms with E-state index in [0.717, 1.165) is 19.4 Å². The van der Waals surface area contributed by atoms with Gasteiger partial charge in [-0.05, 0) is 49.8 Å². The second-order valence-corrected chi connectivity index (χ2v) is 6.43. The number of nitrogens with zero attached hydrogens (tertiary/aromatic N) is 1. The van der Waals surface area contributed by atoms with E-state index >= 15 is 0 Å². The molecule has 3 heteroatoms. The Labute approximate surface area is 127 Å². The molecule has 0 radical (unpaired) electrons. The predicted octanol–water partition coefficient (Wildman–Crippen LogP) is 2.69. The number of likely N-dealkylation sites (N-methyl/N-ethyl adjacent to an activating group) is 1. The van der Waals surface area contributed by atoms with Gasteiger partial charge in [-0.3, -0.25) is 4.79 Å². The third-order valence-electron chi connectivity index (χ3n) is 5.35. The Balaban J connectivity index is 1.76. The standard InChI is InChI=1S/C18H26N2O/c1-2-20(17-10-6-4-8-14(17)12-19)18(21)16-11-13-7-3-5-9-15(13)16/h3,5,7,9,14,16-17H,2,4,6,8,10-12,19H2,1H3. The van der Waals surface area contributed by atoms with Gasteiger partial charge in [0, 0.05) is 12.6 Å². The normalized spacial score (nSPS) is 27.6. The zero-order chi connectivity index (χ0) is 14.8. The molecule has 114 valence electrons. The fourth-order valence-electron chi connectivity index (χ4n) is 4.11. The van der Waals surface area contributed by atoms with Crippen LogP contribution in [0.4, 0.5) is 0 Å². The molecule has 3 unspecified atom stereocenters. The number of hydrogen-bond acceptors (Lipinski definition) is 2. The van der Waals surface area contributed by atoms with Crippen LogP contribution in [0, 0.1) is 5.92 Å². The highest BCUT2D eigenvalue weighted by atomic mass is 16.2. The Morgan fingerprint density at radius 1 is 1.29 bits per heavy atom. The van der Waals surface area contributed by atoms with Crippen LogP contribution in [0.25, 0.3) is 0 Å². The topological polar surface area (TPSA) is 46.3 Å². The zero-order valence-corrected chi connectivity index (χ0v) is 12.9. The molecule has 0 aromatic heterocycles. The van der Waals surface area contributed by atoms with Gasteiger partial charge >= 0.3 is 0 Å². The Morgan fingerprint density at radius 3 is 2.76 bits per heavy atom. The molecule has 0 heterocycles. The van der Waals surface area contributed by atoms with Crippen molar-refractivity contribution in [1.29, 1.82) is 0 Å². The minimum Gasteiger partial charge on any atom is -0.339 e. The fraction of sp³-hybridized carbons (Fsp3) is 0.611. The van der Waals surface area contributed by atoms with Gasteiger partial charge < -0.3 is 10.6 Å². The average molecular weight is 286 g/mol. The first-order chi connectivity index (χ1) is 10.3. The van der Waals surface area contributed by atoms with E-state index in [1.54, 1.807) is 0 Å². The Kier molecular flexibility index (Phi) is 4.29. The highest BCUT2D eigenvalue weighted by molar-refractivity contribution is 5.87. The second-order valence-electron chi connectivity index (χ2n) is 6.43. The minimum absolute atomic E-state index is 0.0847. The van der Waals surface area contributed by atoms with Crippen LogP contribution in [0.1, 0.15) is 49.7 Å². The quantitative estimate of drug-likeness (QED) is 0.925. The number of fused-ring (bicyclic) bond motifs is 1. The van der Waals surface area contributed by atoms with Crippen LogP contribution in [0.5, 0.6) is 0 Å². The van der Waals surface area contributed by atoms with Gasteiger partial charge in [0.05, 0.1) is 5.92 Å². The van der Waals surface area contributed by atoms with Crippen LogP contribution in [-0.4, -0.2) is 29.9 Å². The van der Waals surface area contributed by atoms with E-state index < -0.39 is 0 Å². The summed E-state index contributed by atoms with van der Waals surface area (Å²) in [5.41, 5.74) is 8.52. The van der Waals surface area contributed by atoms with E-state index in [0.29, 0.717) is 24.4 Å². The van der Waals surface area contributed by atoms with Crippen molar-refractivity contribution in [2.24, 2.45) is 11.7 Å². The molecule has 3 atom stereocenters. The number of carbonyl (C=O) groups excluding carboxylic acids is 1. The average Bonchev–Trinajstić information content (AvgIpc) is 2.50. The van der Waals surface area contributed by atoms with E-state index in [1.807, 2.05) is 6.07 Å². The molecule has 2 aliphatic carbocycles. The SMILES string of the molecule is CCN(C(=O)C1Cc2ccccc21)C1CCCCC1CN. The maximum Gasteiger partial charge on any atom is 0.230 e. The molecule has 3 rings (SSSR count). The Morgan fingerprint density at radius 2 is 2.05 bits per heavy atom. The summed E-state index contributed by atoms with van der Waals surface area (Å²) in [5.74, 6) is 0.890. The molecule has 2 N–H and O–H groups in total. The first-order valence-electron chi connectivity index (χ1n) is 8.34. The van der Waals surface area contributed by atoms with Gasteiger partial charge in [0.1, 0.15) is 0 Å². The lowest BCUT2D eigenvalue weighted by Gasteiger charge is -2.42. The van der Waals surface area contributed by atoms with E-state index in [-0.39, 0.29) is 5.92 Å². The van der Waals surface area contributed by atoms with Crippen LogP contribution in [-0.2, 0) is 11.2 Å². The lowest BCUT2D eigenvalue weighted by atomic mass is 9.75. The zero-order valence-electron chi connectivity index (χ0n) is 12.9.